The number of non-ortho nitro benzene ring substituents is 1. The van der Waals surface area contributed by atoms with Gasteiger partial charge in [-0.3, -0.25) is 14.9 Å². The van der Waals surface area contributed by atoms with Crippen molar-refractivity contribution in [1.82, 2.24) is 5.32 Å². The van der Waals surface area contributed by atoms with E-state index in [0.717, 1.165) is 0 Å². The quantitative estimate of drug-likeness (QED) is 0.395. The smallest absolute Gasteiger partial charge is 0.339 e. The number of nitrogens with zero attached hydrogens (tertiary/aromatic N) is 1. The predicted molar refractivity (Wildman–Crippen MR) is 77.3 cm³/mol. The van der Waals surface area contributed by atoms with E-state index >= 15 is 0 Å². The molecular weight excluding hydrogens is 288 g/mol. The van der Waals surface area contributed by atoms with Gasteiger partial charge in [0, 0.05) is 17.7 Å². The number of nitrogens with one attached hydrogen (secondary N) is 1. The van der Waals surface area contributed by atoms with Crippen molar-refractivity contribution in [3.05, 3.63) is 75.8 Å². The average molecular weight is 300 g/mol. The second kappa shape index (κ2) is 6.98. The van der Waals surface area contributed by atoms with Crippen molar-refractivity contribution in [3.63, 3.8) is 0 Å². The summed E-state index contributed by atoms with van der Waals surface area (Å²) in [5.41, 5.74) is 0.502. The van der Waals surface area contributed by atoms with Crippen LogP contribution >= 0.6 is 0 Å². The normalized spacial score (nSPS) is 9.82. The van der Waals surface area contributed by atoms with E-state index < -0.39 is 10.9 Å². The highest BCUT2D eigenvalue weighted by molar-refractivity contribution is 5.94. The van der Waals surface area contributed by atoms with Crippen molar-refractivity contribution in [1.29, 1.82) is 0 Å². The lowest BCUT2D eigenvalue weighted by molar-refractivity contribution is -0.384. The molecule has 7 nitrogen and oxygen atoms in total. The predicted octanol–water partition coefficient (Wildman–Crippen LogP) is 2.14. The molecule has 0 heterocycles. The molecule has 0 aliphatic heterocycles. The van der Waals surface area contributed by atoms with Crippen LogP contribution in [0.1, 0.15) is 20.7 Å². The van der Waals surface area contributed by atoms with E-state index in [1.54, 1.807) is 30.3 Å². The summed E-state index contributed by atoms with van der Waals surface area (Å²) in [6, 6.07) is 13.5. The van der Waals surface area contributed by atoms with Crippen LogP contribution in [0.5, 0.6) is 0 Å². The Morgan fingerprint density at radius 2 is 1.64 bits per heavy atom. The summed E-state index contributed by atoms with van der Waals surface area (Å²) in [4.78, 5) is 33.4. The molecule has 0 aliphatic carbocycles. The van der Waals surface area contributed by atoms with Crippen molar-refractivity contribution >= 4 is 17.6 Å². The maximum Gasteiger partial charge on any atom is 0.339 e. The highest BCUT2D eigenvalue weighted by Gasteiger charge is 2.11. The molecule has 112 valence electrons. The molecule has 22 heavy (non-hydrogen) atoms. The Labute approximate surface area is 125 Å². The molecule has 0 radical (unpaired) electrons. The average Bonchev–Trinajstić information content (AvgIpc) is 2.55. The van der Waals surface area contributed by atoms with Gasteiger partial charge >= 0.3 is 5.97 Å². The van der Waals surface area contributed by atoms with Gasteiger partial charge in [-0.2, -0.15) is 0 Å². The van der Waals surface area contributed by atoms with Crippen molar-refractivity contribution in [2.45, 2.75) is 0 Å². The van der Waals surface area contributed by atoms with E-state index in [4.69, 9.17) is 4.74 Å². The van der Waals surface area contributed by atoms with Crippen molar-refractivity contribution in [2.75, 3.05) is 6.73 Å². The van der Waals surface area contributed by atoms with Gasteiger partial charge < -0.3 is 10.1 Å². The van der Waals surface area contributed by atoms with E-state index in [2.05, 4.69) is 5.32 Å². The summed E-state index contributed by atoms with van der Waals surface area (Å²) >= 11 is 0. The van der Waals surface area contributed by atoms with Gasteiger partial charge in [-0.05, 0) is 24.3 Å². The highest BCUT2D eigenvalue weighted by Crippen LogP contribution is 2.12. The number of ether oxygens (including phenoxy) is 1. The topological polar surface area (TPSA) is 98.5 Å². The van der Waals surface area contributed by atoms with Crippen LogP contribution in [0.15, 0.2) is 54.6 Å². The maximum atomic E-state index is 11.7. The number of benzene rings is 2. The lowest BCUT2D eigenvalue weighted by Gasteiger charge is -2.06. The van der Waals surface area contributed by atoms with Gasteiger partial charge in [-0.15, -0.1) is 0 Å². The van der Waals surface area contributed by atoms with Crippen LogP contribution in [0, 0.1) is 10.1 Å². The molecule has 0 aromatic heterocycles. The third-order valence-electron chi connectivity index (χ3n) is 2.79. The van der Waals surface area contributed by atoms with Crippen LogP contribution in [-0.2, 0) is 4.74 Å². The first kappa shape index (κ1) is 15.2. The molecule has 0 spiro atoms. The van der Waals surface area contributed by atoms with Gasteiger partial charge in [0.15, 0.2) is 6.73 Å². The van der Waals surface area contributed by atoms with Crippen LogP contribution < -0.4 is 5.32 Å². The number of carbonyl (C=O) groups is 2. The largest absolute Gasteiger partial charge is 0.441 e. The molecule has 0 saturated carbocycles. The first-order valence-electron chi connectivity index (χ1n) is 6.33. The zero-order valence-corrected chi connectivity index (χ0v) is 11.4. The van der Waals surface area contributed by atoms with Gasteiger partial charge in [-0.1, -0.05) is 18.2 Å². The molecule has 0 saturated heterocycles. The fraction of sp³-hybridized carbons (Fsp3) is 0.0667. The number of hydrogen-bond donors (Lipinski definition) is 1. The van der Waals surface area contributed by atoms with Crippen LogP contribution in [-0.4, -0.2) is 23.5 Å². The van der Waals surface area contributed by atoms with Crippen LogP contribution in [0.3, 0.4) is 0 Å². The molecule has 0 unspecified atom stereocenters. The minimum atomic E-state index is -0.678. The standard InChI is InChI=1S/C15H12N2O5/c18-14(11-4-2-1-3-5-11)16-10-22-15(19)12-6-8-13(9-7-12)17(20)21/h1-9H,10H2,(H,16,18). The summed E-state index contributed by atoms with van der Waals surface area (Å²) in [6.45, 7) is -0.288. The zero-order chi connectivity index (χ0) is 15.9. The summed E-state index contributed by atoms with van der Waals surface area (Å²) in [7, 11) is 0. The van der Waals surface area contributed by atoms with Gasteiger partial charge in [0.1, 0.15) is 0 Å². The first-order chi connectivity index (χ1) is 10.6. The van der Waals surface area contributed by atoms with Crippen molar-refractivity contribution in [2.24, 2.45) is 0 Å². The molecule has 2 aromatic rings. The highest BCUT2D eigenvalue weighted by atomic mass is 16.6. The molecule has 0 fully saturated rings. The third-order valence-corrected chi connectivity index (χ3v) is 2.79. The number of carbonyl (C=O) groups excluding carboxylic acids is 2. The molecule has 0 bridgehead atoms. The van der Waals surface area contributed by atoms with Gasteiger partial charge in [0.05, 0.1) is 10.5 Å². The first-order valence-corrected chi connectivity index (χ1v) is 6.33. The Bertz CT molecular complexity index is 683. The van der Waals surface area contributed by atoms with E-state index in [9.17, 15) is 19.7 Å². The molecule has 0 atom stereocenters. The second-order valence-electron chi connectivity index (χ2n) is 4.25. The molecule has 7 heteroatoms. The molecule has 2 rings (SSSR count). The van der Waals surface area contributed by atoms with Crippen LogP contribution in [0.4, 0.5) is 5.69 Å². The van der Waals surface area contributed by atoms with Gasteiger partial charge in [-0.25, -0.2) is 4.79 Å². The number of rotatable bonds is 5. The number of hydrogen-bond acceptors (Lipinski definition) is 5. The number of nitro groups is 1. The Hall–Kier alpha value is -3.22. The molecule has 1 amide bonds. The van der Waals surface area contributed by atoms with Crippen molar-refractivity contribution in [3.8, 4) is 0 Å². The van der Waals surface area contributed by atoms with Gasteiger partial charge in [0.25, 0.3) is 11.6 Å². The Balaban J connectivity index is 1.85. The monoisotopic (exact) mass is 300 g/mol. The summed E-state index contributed by atoms with van der Waals surface area (Å²) in [6.07, 6.45) is 0. The van der Waals surface area contributed by atoms with E-state index in [0.29, 0.717) is 5.56 Å². The SMILES string of the molecule is O=C(NCOC(=O)c1ccc([N+](=O)[O-])cc1)c1ccccc1. The molecule has 1 N–H and O–H groups in total. The lowest BCUT2D eigenvalue weighted by atomic mass is 10.2. The molecular formula is C15H12N2O5. The Morgan fingerprint density at radius 3 is 2.23 bits per heavy atom. The number of amides is 1. The van der Waals surface area contributed by atoms with Crippen molar-refractivity contribution < 1.29 is 19.2 Å². The summed E-state index contributed by atoms with van der Waals surface area (Å²) in [5.74, 6) is -1.04. The van der Waals surface area contributed by atoms with Crippen LogP contribution in [0.2, 0.25) is 0 Å². The van der Waals surface area contributed by atoms with E-state index in [1.165, 1.54) is 24.3 Å². The Kier molecular flexibility index (Phi) is 4.81. The number of esters is 1. The zero-order valence-electron chi connectivity index (χ0n) is 11.4. The third kappa shape index (κ3) is 3.89. The maximum absolute atomic E-state index is 11.7. The number of nitro benzene ring substituents is 1. The summed E-state index contributed by atoms with van der Waals surface area (Å²) in [5, 5.41) is 12.9. The minimum Gasteiger partial charge on any atom is -0.441 e. The fourth-order valence-electron chi connectivity index (χ4n) is 1.66. The minimum absolute atomic E-state index is 0.117. The van der Waals surface area contributed by atoms with Gasteiger partial charge in [0.2, 0.25) is 0 Å². The lowest BCUT2D eigenvalue weighted by Crippen LogP contribution is -2.27. The van der Waals surface area contributed by atoms with E-state index in [1.807, 2.05) is 0 Å². The van der Waals surface area contributed by atoms with Crippen LogP contribution in [0.25, 0.3) is 0 Å². The van der Waals surface area contributed by atoms with E-state index in [-0.39, 0.29) is 23.9 Å². The summed E-state index contributed by atoms with van der Waals surface area (Å²) < 4.78 is 4.88. The molecule has 0 aliphatic rings. The fourth-order valence-corrected chi connectivity index (χ4v) is 1.66. The Morgan fingerprint density at radius 1 is 1.00 bits per heavy atom. The molecule has 2 aromatic carbocycles. The second-order valence-corrected chi connectivity index (χ2v) is 4.25.